The first-order valence-corrected chi connectivity index (χ1v) is 7.82. The molecule has 0 atom stereocenters. The van der Waals surface area contributed by atoms with Gasteiger partial charge in [0.2, 0.25) is 0 Å². The summed E-state index contributed by atoms with van der Waals surface area (Å²) in [7, 11) is 0. The first-order valence-electron chi connectivity index (χ1n) is 7.44. The molecule has 1 aromatic heterocycles. The molecule has 23 heavy (non-hydrogen) atoms. The normalized spacial score (nSPS) is 18.1. The van der Waals surface area contributed by atoms with Gasteiger partial charge in [-0.3, -0.25) is 9.69 Å². The van der Waals surface area contributed by atoms with E-state index in [-0.39, 0.29) is 31.1 Å². The molecule has 2 fully saturated rings. The first kappa shape index (κ1) is 14.3. The van der Waals surface area contributed by atoms with Crippen LogP contribution < -0.4 is 0 Å². The van der Waals surface area contributed by atoms with Gasteiger partial charge in [0.05, 0.1) is 6.54 Å². The third-order valence-electron chi connectivity index (χ3n) is 4.08. The average Bonchev–Trinajstić information content (AvgIpc) is 3.22. The molecule has 118 valence electrons. The summed E-state index contributed by atoms with van der Waals surface area (Å²) in [5.74, 6) is 0.292. The highest BCUT2D eigenvalue weighted by atomic mass is 35.5. The van der Waals surface area contributed by atoms with Crippen LogP contribution in [0.1, 0.15) is 18.6 Å². The van der Waals surface area contributed by atoms with Gasteiger partial charge >= 0.3 is 6.03 Å². The number of aromatic nitrogens is 1. The minimum atomic E-state index is -0.234. The fourth-order valence-corrected chi connectivity index (χ4v) is 2.81. The molecule has 0 radical (unpaired) electrons. The van der Waals surface area contributed by atoms with E-state index < -0.39 is 0 Å². The number of hydrogen-bond donors (Lipinski definition) is 0. The second-order valence-electron chi connectivity index (χ2n) is 5.81. The lowest BCUT2D eigenvalue weighted by Crippen LogP contribution is -2.33. The lowest BCUT2D eigenvalue weighted by Gasteiger charge is -2.14. The van der Waals surface area contributed by atoms with Crippen molar-refractivity contribution in [2.24, 2.45) is 0 Å². The van der Waals surface area contributed by atoms with Crippen molar-refractivity contribution in [2.45, 2.75) is 25.4 Å². The van der Waals surface area contributed by atoms with Crippen molar-refractivity contribution in [3.63, 3.8) is 0 Å². The number of halogens is 1. The molecule has 1 aliphatic carbocycles. The Bertz CT molecular complexity index is 767. The molecule has 1 aromatic carbocycles. The van der Waals surface area contributed by atoms with Gasteiger partial charge in [-0.1, -0.05) is 28.9 Å². The number of benzene rings is 1. The first-order chi connectivity index (χ1) is 11.1. The number of rotatable bonds is 4. The summed E-state index contributed by atoms with van der Waals surface area (Å²) in [6.07, 6.45) is 1.96. The molecule has 2 aliphatic rings. The SMILES string of the molecule is O=C1CN(C2CC2)C(=O)N1Cc1cc(-c2ccc(Cl)cc2)no1. The number of nitrogens with zero attached hydrogens (tertiary/aromatic N) is 3. The molecule has 6 nitrogen and oxygen atoms in total. The van der Waals surface area contributed by atoms with Crippen LogP contribution in [0.25, 0.3) is 11.3 Å². The summed E-state index contributed by atoms with van der Waals surface area (Å²) in [5, 5.41) is 4.64. The fourth-order valence-electron chi connectivity index (χ4n) is 2.69. The molecular formula is C16H14ClN3O3. The number of hydrogen-bond acceptors (Lipinski definition) is 4. The van der Waals surface area contributed by atoms with Crippen LogP contribution in [-0.2, 0) is 11.3 Å². The number of imide groups is 1. The molecule has 0 bridgehead atoms. The van der Waals surface area contributed by atoms with Crippen LogP contribution in [-0.4, -0.2) is 39.5 Å². The van der Waals surface area contributed by atoms with Gasteiger partial charge in [-0.2, -0.15) is 0 Å². The lowest BCUT2D eigenvalue weighted by molar-refractivity contribution is -0.125. The van der Waals surface area contributed by atoms with E-state index >= 15 is 0 Å². The van der Waals surface area contributed by atoms with E-state index in [1.165, 1.54) is 4.90 Å². The highest BCUT2D eigenvalue weighted by Crippen LogP contribution is 2.31. The zero-order valence-corrected chi connectivity index (χ0v) is 13.0. The summed E-state index contributed by atoms with van der Waals surface area (Å²) in [5.41, 5.74) is 1.51. The van der Waals surface area contributed by atoms with Crippen molar-refractivity contribution in [3.05, 3.63) is 41.1 Å². The van der Waals surface area contributed by atoms with Gasteiger partial charge in [0, 0.05) is 22.7 Å². The van der Waals surface area contributed by atoms with Crippen LogP contribution in [0.3, 0.4) is 0 Å². The second kappa shape index (κ2) is 5.38. The van der Waals surface area contributed by atoms with Crippen molar-refractivity contribution in [3.8, 4) is 11.3 Å². The minimum absolute atomic E-state index is 0.113. The molecule has 0 spiro atoms. The van der Waals surface area contributed by atoms with Crippen LogP contribution in [0.5, 0.6) is 0 Å². The summed E-state index contributed by atoms with van der Waals surface area (Å²) < 4.78 is 5.27. The Morgan fingerprint density at radius 1 is 1.22 bits per heavy atom. The molecule has 0 N–H and O–H groups in total. The number of amides is 3. The summed E-state index contributed by atoms with van der Waals surface area (Å²) >= 11 is 5.86. The van der Waals surface area contributed by atoms with Gasteiger partial charge in [0.1, 0.15) is 12.2 Å². The van der Waals surface area contributed by atoms with Crippen molar-refractivity contribution in [1.29, 1.82) is 0 Å². The fraction of sp³-hybridized carbons (Fsp3) is 0.312. The average molecular weight is 332 g/mol. The van der Waals surface area contributed by atoms with E-state index in [2.05, 4.69) is 5.16 Å². The zero-order chi connectivity index (χ0) is 16.0. The van der Waals surface area contributed by atoms with Crippen LogP contribution in [0, 0.1) is 0 Å². The van der Waals surface area contributed by atoms with Crippen LogP contribution in [0.15, 0.2) is 34.9 Å². The largest absolute Gasteiger partial charge is 0.359 e. The Balaban J connectivity index is 1.50. The van der Waals surface area contributed by atoms with Crippen molar-refractivity contribution >= 4 is 23.5 Å². The van der Waals surface area contributed by atoms with Gasteiger partial charge < -0.3 is 9.42 Å². The third-order valence-corrected chi connectivity index (χ3v) is 4.34. The van der Waals surface area contributed by atoms with Crippen molar-refractivity contribution < 1.29 is 14.1 Å². The minimum Gasteiger partial charge on any atom is -0.359 e. The molecule has 2 heterocycles. The molecule has 1 saturated heterocycles. The molecular weight excluding hydrogens is 318 g/mol. The summed E-state index contributed by atoms with van der Waals surface area (Å²) in [4.78, 5) is 27.2. The predicted octanol–water partition coefficient (Wildman–Crippen LogP) is 2.92. The second-order valence-corrected chi connectivity index (χ2v) is 6.24. The molecule has 4 rings (SSSR count). The van der Waals surface area contributed by atoms with Gasteiger partial charge in [-0.05, 0) is 25.0 Å². The molecule has 3 amide bonds. The molecule has 1 aliphatic heterocycles. The Morgan fingerprint density at radius 2 is 1.96 bits per heavy atom. The third kappa shape index (κ3) is 2.70. The van der Waals surface area contributed by atoms with E-state index in [0.717, 1.165) is 18.4 Å². The maximum atomic E-state index is 12.3. The maximum Gasteiger partial charge on any atom is 0.327 e. The van der Waals surface area contributed by atoms with Gasteiger partial charge in [-0.15, -0.1) is 0 Å². The summed E-state index contributed by atoms with van der Waals surface area (Å²) in [6.45, 7) is 0.281. The number of carbonyl (C=O) groups is 2. The van der Waals surface area contributed by atoms with Crippen molar-refractivity contribution in [2.75, 3.05) is 6.54 Å². The van der Waals surface area contributed by atoms with Crippen LogP contribution >= 0.6 is 11.6 Å². The maximum absolute atomic E-state index is 12.3. The van der Waals surface area contributed by atoms with Gasteiger partial charge in [0.25, 0.3) is 5.91 Å². The topological polar surface area (TPSA) is 66.7 Å². The molecule has 0 unspecified atom stereocenters. The van der Waals surface area contributed by atoms with Crippen LogP contribution in [0.2, 0.25) is 5.02 Å². The summed E-state index contributed by atoms with van der Waals surface area (Å²) in [6, 6.07) is 8.95. The van der Waals surface area contributed by atoms with Gasteiger partial charge in [-0.25, -0.2) is 4.79 Å². The smallest absolute Gasteiger partial charge is 0.327 e. The Labute approximate surface area is 137 Å². The Kier molecular flexibility index (Phi) is 3.34. The van der Waals surface area contributed by atoms with E-state index in [4.69, 9.17) is 16.1 Å². The van der Waals surface area contributed by atoms with E-state index in [0.29, 0.717) is 16.5 Å². The van der Waals surface area contributed by atoms with E-state index in [9.17, 15) is 9.59 Å². The lowest BCUT2D eigenvalue weighted by atomic mass is 10.1. The van der Waals surface area contributed by atoms with E-state index in [1.54, 1.807) is 23.1 Å². The monoisotopic (exact) mass is 331 g/mol. The zero-order valence-electron chi connectivity index (χ0n) is 12.2. The number of urea groups is 1. The van der Waals surface area contributed by atoms with Crippen LogP contribution in [0.4, 0.5) is 4.79 Å². The quantitative estimate of drug-likeness (QED) is 0.808. The Hall–Kier alpha value is -2.34. The highest BCUT2D eigenvalue weighted by molar-refractivity contribution is 6.30. The molecule has 1 saturated carbocycles. The molecule has 2 aromatic rings. The predicted molar refractivity (Wildman–Crippen MR) is 82.6 cm³/mol. The standard InChI is InChI=1S/C16H14ClN3O3/c17-11-3-1-10(2-4-11)14-7-13(23-18-14)8-20-15(21)9-19(16(20)22)12-5-6-12/h1-4,7,12H,5-6,8-9H2. The van der Waals surface area contributed by atoms with Gasteiger partial charge in [0.15, 0.2) is 5.76 Å². The van der Waals surface area contributed by atoms with Crippen molar-refractivity contribution in [1.82, 2.24) is 15.0 Å². The Morgan fingerprint density at radius 3 is 2.65 bits per heavy atom. The highest BCUT2D eigenvalue weighted by Gasteiger charge is 2.43. The van der Waals surface area contributed by atoms with E-state index in [1.807, 2.05) is 12.1 Å². The molecule has 7 heteroatoms. The number of carbonyl (C=O) groups excluding carboxylic acids is 2.